The van der Waals surface area contributed by atoms with Gasteiger partial charge in [0.2, 0.25) is 0 Å². The molecule has 1 aromatic heterocycles. The number of rotatable bonds is 3. The molecule has 0 unspecified atom stereocenters. The number of nitrogens with two attached hydrogens (primary N) is 1. The van der Waals surface area contributed by atoms with E-state index in [1.807, 2.05) is 0 Å². The van der Waals surface area contributed by atoms with Crippen molar-refractivity contribution in [3.05, 3.63) is 15.5 Å². The third-order valence-corrected chi connectivity index (χ3v) is 2.39. The number of alkyl halides is 3. The van der Waals surface area contributed by atoms with Crippen molar-refractivity contribution in [3.63, 3.8) is 0 Å². The van der Waals surface area contributed by atoms with E-state index in [-0.39, 0.29) is 16.0 Å². The molecule has 0 aliphatic heterocycles. The fourth-order valence-corrected chi connectivity index (χ4v) is 1.57. The summed E-state index contributed by atoms with van der Waals surface area (Å²) in [6, 6.07) is 1.12. The zero-order valence-electron chi connectivity index (χ0n) is 8.14. The number of halogens is 4. The molecule has 0 radical (unpaired) electrons. The van der Waals surface area contributed by atoms with Crippen molar-refractivity contribution >= 4 is 22.6 Å². The Kier molecular flexibility index (Phi) is 4.19. The predicted molar refractivity (Wildman–Crippen MR) is 58.1 cm³/mol. The molecule has 8 heteroatoms. The Balaban J connectivity index is 3.11. The summed E-state index contributed by atoms with van der Waals surface area (Å²) in [5, 5.41) is 0. The molecule has 0 atom stereocenters. The van der Waals surface area contributed by atoms with Crippen LogP contribution >= 0.6 is 22.6 Å². The number of nitrogens with zero attached hydrogens (tertiary/aromatic N) is 1. The standard InChI is InChI=1S/C8H8F3IN2O2/c1-15-5-2-6(16-8(9,10)11)7(12)14-4(5)3-13/h2H,3,13H2,1H3. The summed E-state index contributed by atoms with van der Waals surface area (Å²) in [6.45, 7) is 0.0749. The zero-order chi connectivity index (χ0) is 12.3. The summed E-state index contributed by atoms with van der Waals surface area (Å²) in [4.78, 5) is 3.86. The van der Waals surface area contributed by atoms with Crippen LogP contribution in [-0.2, 0) is 6.54 Å². The number of hydrogen-bond acceptors (Lipinski definition) is 4. The van der Waals surface area contributed by atoms with E-state index in [1.54, 1.807) is 22.6 Å². The molecule has 1 rings (SSSR count). The molecular weight excluding hydrogens is 340 g/mol. The molecule has 0 aromatic carbocycles. The van der Waals surface area contributed by atoms with E-state index in [1.165, 1.54) is 7.11 Å². The van der Waals surface area contributed by atoms with Gasteiger partial charge in [0, 0.05) is 12.6 Å². The first kappa shape index (κ1) is 13.3. The first-order valence-electron chi connectivity index (χ1n) is 4.06. The minimum Gasteiger partial charge on any atom is -0.495 e. The van der Waals surface area contributed by atoms with Gasteiger partial charge in [-0.05, 0) is 22.6 Å². The van der Waals surface area contributed by atoms with E-state index in [9.17, 15) is 13.2 Å². The largest absolute Gasteiger partial charge is 0.573 e. The van der Waals surface area contributed by atoms with Crippen LogP contribution in [0.1, 0.15) is 5.69 Å². The van der Waals surface area contributed by atoms with Gasteiger partial charge in [-0.15, -0.1) is 13.2 Å². The quantitative estimate of drug-likeness (QED) is 0.671. The monoisotopic (exact) mass is 348 g/mol. The van der Waals surface area contributed by atoms with Gasteiger partial charge in [0.1, 0.15) is 9.45 Å². The molecule has 4 nitrogen and oxygen atoms in total. The summed E-state index contributed by atoms with van der Waals surface area (Å²) >= 11 is 1.64. The molecule has 0 fully saturated rings. The maximum absolute atomic E-state index is 12.0. The van der Waals surface area contributed by atoms with Gasteiger partial charge < -0.3 is 15.2 Å². The molecule has 90 valence electrons. The normalized spacial score (nSPS) is 11.4. The van der Waals surface area contributed by atoms with Gasteiger partial charge in [-0.2, -0.15) is 0 Å². The fourth-order valence-electron chi connectivity index (χ4n) is 1.01. The lowest BCUT2D eigenvalue weighted by Crippen LogP contribution is -2.18. The maximum Gasteiger partial charge on any atom is 0.573 e. The molecule has 0 spiro atoms. The predicted octanol–water partition coefficient (Wildman–Crippen LogP) is 2.05. The molecular formula is C8H8F3IN2O2. The number of methoxy groups -OCH3 is 1. The summed E-state index contributed by atoms with van der Waals surface area (Å²) in [7, 11) is 1.32. The molecule has 0 saturated carbocycles. The second-order valence-electron chi connectivity index (χ2n) is 2.68. The minimum absolute atomic E-state index is 0.0749. The molecule has 0 aliphatic carbocycles. The highest BCUT2D eigenvalue weighted by atomic mass is 127. The summed E-state index contributed by atoms with van der Waals surface area (Å²) in [6.07, 6.45) is -4.75. The van der Waals surface area contributed by atoms with Crippen LogP contribution < -0.4 is 15.2 Å². The van der Waals surface area contributed by atoms with Gasteiger partial charge in [0.25, 0.3) is 0 Å². The second-order valence-corrected chi connectivity index (χ2v) is 3.70. The molecule has 0 saturated heterocycles. The Morgan fingerprint density at radius 1 is 1.44 bits per heavy atom. The first-order chi connectivity index (χ1) is 7.37. The molecule has 16 heavy (non-hydrogen) atoms. The molecule has 1 aromatic rings. The lowest BCUT2D eigenvalue weighted by Gasteiger charge is -2.13. The van der Waals surface area contributed by atoms with Gasteiger partial charge in [-0.25, -0.2) is 4.98 Å². The topological polar surface area (TPSA) is 57.4 Å². The Bertz CT molecular complexity index is 384. The molecule has 0 amide bonds. The SMILES string of the molecule is COc1cc(OC(F)(F)F)c(I)nc1CN. The van der Waals surface area contributed by atoms with Crippen LogP contribution in [0.4, 0.5) is 13.2 Å². The molecule has 2 N–H and O–H groups in total. The lowest BCUT2D eigenvalue weighted by molar-refractivity contribution is -0.275. The average molecular weight is 348 g/mol. The van der Waals surface area contributed by atoms with E-state index >= 15 is 0 Å². The van der Waals surface area contributed by atoms with Crippen molar-refractivity contribution in [1.82, 2.24) is 4.98 Å². The van der Waals surface area contributed by atoms with E-state index < -0.39 is 12.1 Å². The van der Waals surface area contributed by atoms with Crippen LogP contribution in [0.25, 0.3) is 0 Å². The van der Waals surface area contributed by atoms with Gasteiger partial charge in [0.15, 0.2) is 5.75 Å². The molecule has 0 bridgehead atoms. The van der Waals surface area contributed by atoms with Crippen LogP contribution in [-0.4, -0.2) is 18.5 Å². The number of ether oxygens (including phenoxy) is 2. The minimum atomic E-state index is -4.75. The van der Waals surface area contributed by atoms with Crippen LogP contribution in [0, 0.1) is 3.70 Å². The van der Waals surface area contributed by atoms with Crippen LogP contribution in [0.2, 0.25) is 0 Å². The maximum atomic E-state index is 12.0. The van der Waals surface area contributed by atoms with Gasteiger partial charge >= 0.3 is 6.36 Å². The molecule has 1 heterocycles. The Hall–Kier alpha value is -0.770. The van der Waals surface area contributed by atoms with Crippen molar-refractivity contribution in [2.24, 2.45) is 5.73 Å². The van der Waals surface area contributed by atoms with Crippen molar-refractivity contribution in [1.29, 1.82) is 0 Å². The van der Waals surface area contributed by atoms with Crippen molar-refractivity contribution < 1.29 is 22.6 Å². The molecule has 0 aliphatic rings. The van der Waals surface area contributed by atoms with Gasteiger partial charge in [0.05, 0.1) is 12.8 Å². The van der Waals surface area contributed by atoms with Crippen molar-refractivity contribution in [3.8, 4) is 11.5 Å². The van der Waals surface area contributed by atoms with Crippen molar-refractivity contribution in [2.45, 2.75) is 12.9 Å². The van der Waals surface area contributed by atoms with E-state index in [0.717, 1.165) is 6.07 Å². The van der Waals surface area contributed by atoms with E-state index in [2.05, 4.69) is 9.72 Å². The van der Waals surface area contributed by atoms with Crippen molar-refractivity contribution in [2.75, 3.05) is 7.11 Å². The number of pyridine rings is 1. The van der Waals surface area contributed by atoms with Crippen LogP contribution in [0.3, 0.4) is 0 Å². The van der Waals surface area contributed by atoms with E-state index in [0.29, 0.717) is 5.69 Å². The fraction of sp³-hybridized carbons (Fsp3) is 0.375. The summed E-state index contributed by atoms with van der Waals surface area (Å²) in [5.41, 5.74) is 5.74. The van der Waals surface area contributed by atoms with Crippen LogP contribution in [0.5, 0.6) is 11.5 Å². The average Bonchev–Trinajstić information content (AvgIpc) is 2.18. The lowest BCUT2D eigenvalue weighted by atomic mass is 10.3. The highest BCUT2D eigenvalue weighted by Gasteiger charge is 2.32. The smallest absolute Gasteiger partial charge is 0.495 e. The van der Waals surface area contributed by atoms with Gasteiger partial charge in [-0.3, -0.25) is 0 Å². The first-order valence-corrected chi connectivity index (χ1v) is 5.14. The zero-order valence-corrected chi connectivity index (χ0v) is 10.3. The highest BCUT2D eigenvalue weighted by Crippen LogP contribution is 2.31. The van der Waals surface area contributed by atoms with Gasteiger partial charge in [-0.1, -0.05) is 0 Å². The third kappa shape index (κ3) is 3.37. The summed E-state index contributed by atoms with van der Waals surface area (Å²) in [5.74, 6) is -0.232. The second kappa shape index (κ2) is 5.04. The van der Waals surface area contributed by atoms with Crippen LogP contribution in [0.15, 0.2) is 6.07 Å². The Morgan fingerprint density at radius 2 is 2.06 bits per heavy atom. The number of hydrogen-bond donors (Lipinski definition) is 1. The highest BCUT2D eigenvalue weighted by molar-refractivity contribution is 14.1. The number of aromatic nitrogens is 1. The Morgan fingerprint density at radius 3 is 2.50 bits per heavy atom. The third-order valence-electron chi connectivity index (χ3n) is 1.62. The Labute approximate surface area is 103 Å². The summed E-state index contributed by atoms with van der Waals surface area (Å²) < 4.78 is 44.8. The van der Waals surface area contributed by atoms with E-state index in [4.69, 9.17) is 10.5 Å².